The highest BCUT2D eigenvalue weighted by Crippen LogP contribution is 2.21. The predicted octanol–water partition coefficient (Wildman–Crippen LogP) is 1.40. The Morgan fingerprint density at radius 2 is 1.61 bits per heavy atom. The standard InChI is InChI=1S/C26H40N4O6/c1-15(2)12-19(27)23(32)28-20(14-17-7-9-18(31)10-8-17)25(34)30-11-5-6-22(30)24(33)29-21(26(35)36)13-16(3)4/h7-10,15-16,19-22,31H,5-6,11-14,27H2,1-4H3,(H,28,32)(H,29,33)(H,35,36). The first kappa shape index (κ1) is 29.1. The minimum atomic E-state index is -1.12. The summed E-state index contributed by atoms with van der Waals surface area (Å²) in [5.74, 6) is -2.19. The number of likely N-dealkylation sites (tertiary alicyclic amines) is 1. The Balaban J connectivity index is 2.22. The number of aromatic hydroxyl groups is 1. The number of nitrogens with two attached hydrogens (primary N) is 1. The van der Waals surface area contributed by atoms with E-state index in [9.17, 15) is 29.4 Å². The molecule has 2 rings (SSSR count). The number of carbonyl (C=O) groups is 4. The van der Waals surface area contributed by atoms with Crippen molar-refractivity contribution in [1.82, 2.24) is 15.5 Å². The molecule has 1 heterocycles. The van der Waals surface area contributed by atoms with Crippen molar-refractivity contribution in [2.45, 2.75) is 84.0 Å². The van der Waals surface area contributed by atoms with Gasteiger partial charge in [0.25, 0.3) is 0 Å². The van der Waals surface area contributed by atoms with Crippen LogP contribution in [-0.2, 0) is 25.6 Å². The van der Waals surface area contributed by atoms with Gasteiger partial charge in [-0.1, -0.05) is 39.8 Å². The van der Waals surface area contributed by atoms with Crippen LogP contribution < -0.4 is 16.4 Å². The lowest BCUT2D eigenvalue weighted by Gasteiger charge is -2.30. The van der Waals surface area contributed by atoms with E-state index >= 15 is 0 Å². The van der Waals surface area contributed by atoms with E-state index in [1.54, 1.807) is 12.1 Å². The summed E-state index contributed by atoms with van der Waals surface area (Å²) in [4.78, 5) is 52.5. The number of carbonyl (C=O) groups excluding carboxylic acids is 3. The molecule has 4 unspecified atom stereocenters. The van der Waals surface area contributed by atoms with Crippen molar-refractivity contribution in [2.24, 2.45) is 17.6 Å². The van der Waals surface area contributed by atoms with E-state index in [1.807, 2.05) is 27.7 Å². The van der Waals surface area contributed by atoms with Gasteiger partial charge in [0.2, 0.25) is 17.7 Å². The summed E-state index contributed by atoms with van der Waals surface area (Å²) in [7, 11) is 0. The first-order valence-electron chi connectivity index (χ1n) is 12.6. The number of nitrogens with one attached hydrogen (secondary N) is 2. The van der Waals surface area contributed by atoms with E-state index in [2.05, 4.69) is 10.6 Å². The molecule has 10 nitrogen and oxygen atoms in total. The lowest BCUT2D eigenvalue weighted by Crippen LogP contribution is -2.57. The van der Waals surface area contributed by atoms with Gasteiger partial charge in [-0.15, -0.1) is 0 Å². The third kappa shape index (κ3) is 8.51. The smallest absolute Gasteiger partial charge is 0.326 e. The SMILES string of the molecule is CC(C)CC(N)C(=O)NC(Cc1ccc(O)cc1)C(=O)N1CCCC1C(=O)NC(CC(C)C)C(=O)O. The fourth-order valence-electron chi connectivity index (χ4n) is 4.43. The normalized spacial score (nSPS) is 18.1. The van der Waals surface area contributed by atoms with Crippen LogP contribution in [0.15, 0.2) is 24.3 Å². The largest absolute Gasteiger partial charge is 0.508 e. The lowest BCUT2D eigenvalue weighted by molar-refractivity contribution is -0.145. The van der Waals surface area contributed by atoms with Crippen molar-refractivity contribution in [3.8, 4) is 5.75 Å². The highest BCUT2D eigenvalue weighted by atomic mass is 16.4. The first-order valence-corrected chi connectivity index (χ1v) is 12.6. The number of amides is 3. The predicted molar refractivity (Wildman–Crippen MR) is 135 cm³/mol. The second-order valence-corrected chi connectivity index (χ2v) is 10.4. The highest BCUT2D eigenvalue weighted by Gasteiger charge is 2.39. The molecular weight excluding hydrogens is 464 g/mol. The third-order valence-electron chi connectivity index (χ3n) is 6.21. The van der Waals surface area contributed by atoms with E-state index in [4.69, 9.17) is 5.73 Å². The molecule has 1 aromatic carbocycles. The number of aliphatic carboxylic acids is 1. The van der Waals surface area contributed by atoms with Crippen LogP contribution in [-0.4, -0.2) is 69.5 Å². The molecule has 0 aromatic heterocycles. The fraction of sp³-hybridized carbons (Fsp3) is 0.615. The van der Waals surface area contributed by atoms with E-state index in [-0.39, 0.29) is 30.4 Å². The van der Waals surface area contributed by atoms with Gasteiger partial charge in [-0.2, -0.15) is 0 Å². The molecule has 0 spiro atoms. The van der Waals surface area contributed by atoms with Crippen molar-refractivity contribution < 1.29 is 29.4 Å². The number of carboxylic acids is 1. The second-order valence-electron chi connectivity index (χ2n) is 10.4. The van der Waals surface area contributed by atoms with Gasteiger partial charge >= 0.3 is 5.97 Å². The molecule has 0 saturated carbocycles. The van der Waals surface area contributed by atoms with E-state index in [1.165, 1.54) is 17.0 Å². The molecule has 1 fully saturated rings. The van der Waals surface area contributed by atoms with Crippen molar-refractivity contribution in [2.75, 3.05) is 6.54 Å². The Morgan fingerprint density at radius 1 is 1.00 bits per heavy atom. The van der Waals surface area contributed by atoms with E-state index in [0.717, 1.165) is 0 Å². The minimum Gasteiger partial charge on any atom is -0.508 e. The lowest BCUT2D eigenvalue weighted by atomic mass is 10.0. The maximum Gasteiger partial charge on any atom is 0.326 e. The van der Waals surface area contributed by atoms with Crippen LogP contribution in [0, 0.1) is 11.8 Å². The number of rotatable bonds is 12. The fourth-order valence-corrected chi connectivity index (χ4v) is 4.43. The zero-order chi connectivity index (χ0) is 27.0. The molecule has 4 atom stereocenters. The van der Waals surface area contributed by atoms with E-state index < -0.39 is 47.9 Å². The maximum atomic E-state index is 13.6. The van der Waals surface area contributed by atoms with Gasteiger partial charge in [0.15, 0.2) is 0 Å². The molecule has 36 heavy (non-hydrogen) atoms. The van der Waals surface area contributed by atoms with Crippen LogP contribution in [0.2, 0.25) is 0 Å². The summed E-state index contributed by atoms with van der Waals surface area (Å²) in [6.45, 7) is 7.95. The van der Waals surface area contributed by atoms with Gasteiger partial charge in [-0.3, -0.25) is 14.4 Å². The Bertz CT molecular complexity index is 918. The molecular formula is C26H40N4O6. The summed E-state index contributed by atoms with van der Waals surface area (Å²) in [6, 6.07) is 2.68. The van der Waals surface area contributed by atoms with Crippen LogP contribution in [0.5, 0.6) is 5.75 Å². The van der Waals surface area contributed by atoms with Crippen LogP contribution in [0.4, 0.5) is 0 Å². The number of benzene rings is 1. The molecule has 1 aromatic rings. The van der Waals surface area contributed by atoms with Crippen molar-refractivity contribution in [3.05, 3.63) is 29.8 Å². The second kappa shape index (κ2) is 13.2. The molecule has 1 aliphatic rings. The van der Waals surface area contributed by atoms with Gasteiger partial charge in [0.05, 0.1) is 6.04 Å². The number of phenolic OH excluding ortho intramolecular Hbond substituents is 1. The van der Waals surface area contributed by atoms with Crippen LogP contribution >= 0.6 is 0 Å². The Morgan fingerprint density at radius 3 is 2.17 bits per heavy atom. The molecule has 10 heteroatoms. The molecule has 200 valence electrons. The summed E-state index contributed by atoms with van der Waals surface area (Å²) in [6.07, 6.45) is 1.86. The number of hydrogen-bond donors (Lipinski definition) is 5. The van der Waals surface area contributed by atoms with Crippen LogP contribution in [0.1, 0.15) is 58.9 Å². The molecule has 1 saturated heterocycles. The highest BCUT2D eigenvalue weighted by molar-refractivity contribution is 5.94. The molecule has 0 aliphatic carbocycles. The van der Waals surface area contributed by atoms with Crippen LogP contribution in [0.3, 0.4) is 0 Å². The van der Waals surface area contributed by atoms with Crippen molar-refractivity contribution in [3.63, 3.8) is 0 Å². The van der Waals surface area contributed by atoms with Gasteiger partial charge in [-0.05, 0) is 55.2 Å². The van der Waals surface area contributed by atoms with Gasteiger partial charge < -0.3 is 31.5 Å². The quantitative estimate of drug-likeness (QED) is 0.287. The summed E-state index contributed by atoms with van der Waals surface area (Å²) >= 11 is 0. The summed E-state index contributed by atoms with van der Waals surface area (Å²) < 4.78 is 0. The topological polar surface area (TPSA) is 162 Å². The monoisotopic (exact) mass is 504 g/mol. The minimum absolute atomic E-state index is 0.0627. The average molecular weight is 505 g/mol. The number of nitrogens with zero attached hydrogens (tertiary/aromatic N) is 1. The average Bonchev–Trinajstić information content (AvgIpc) is 3.28. The van der Waals surface area contributed by atoms with Gasteiger partial charge in [0.1, 0.15) is 23.9 Å². The Hall–Kier alpha value is -3.14. The first-order chi connectivity index (χ1) is 16.9. The molecule has 0 bridgehead atoms. The molecule has 0 radical (unpaired) electrons. The van der Waals surface area contributed by atoms with Gasteiger partial charge in [0, 0.05) is 13.0 Å². The Labute approximate surface area is 212 Å². The zero-order valence-corrected chi connectivity index (χ0v) is 21.6. The molecule has 1 aliphatic heterocycles. The van der Waals surface area contributed by atoms with E-state index in [0.29, 0.717) is 31.4 Å². The van der Waals surface area contributed by atoms with Crippen molar-refractivity contribution in [1.29, 1.82) is 0 Å². The number of hydrogen-bond acceptors (Lipinski definition) is 6. The molecule has 6 N–H and O–H groups in total. The number of phenols is 1. The molecule has 3 amide bonds. The number of carboxylic acid groups (broad SMARTS) is 1. The van der Waals surface area contributed by atoms with Crippen LogP contribution in [0.25, 0.3) is 0 Å². The Kier molecular flexibility index (Phi) is 10.7. The summed E-state index contributed by atoms with van der Waals surface area (Å²) in [5.41, 5.74) is 6.76. The third-order valence-corrected chi connectivity index (χ3v) is 6.21. The zero-order valence-electron chi connectivity index (χ0n) is 21.6. The maximum absolute atomic E-state index is 13.6. The summed E-state index contributed by atoms with van der Waals surface area (Å²) in [5, 5.41) is 24.4. The van der Waals surface area contributed by atoms with Gasteiger partial charge in [-0.25, -0.2) is 4.79 Å². The van der Waals surface area contributed by atoms with Crippen molar-refractivity contribution >= 4 is 23.7 Å².